The van der Waals surface area contributed by atoms with Crippen molar-refractivity contribution in [2.45, 2.75) is 46.1 Å². The van der Waals surface area contributed by atoms with Crippen LogP contribution in [0.1, 0.15) is 47.8 Å². The average Bonchev–Trinajstić information content (AvgIpc) is 2.88. The summed E-state index contributed by atoms with van der Waals surface area (Å²) in [6.07, 6.45) is 1.29. The van der Waals surface area contributed by atoms with Crippen LogP contribution in [0.15, 0.2) is 24.3 Å². The van der Waals surface area contributed by atoms with E-state index in [-0.39, 0.29) is 0 Å². The Morgan fingerprint density at radius 3 is 2.57 bits per heavy atom. The zero-order valence-corrected chi connectivity index (χ0v) is 13.5. The van der Waals surface area contributed by atoms with Gasteiger partial charge in [0, 0.05) is 4.88 Å². The quantitative estimate of drug-likeness (QED) is 0.790. The van der Waals surface area contributed by atoms with Gasteiger partial charge in [0.15, 0.2) is 0 Å². The SMILES string of the molecule is CCc1nc(COc2ccc(C(C)C)cc2)sc1CC#N. The maximum atomic E-state index is 8.83. The fraction of sp³-hybridized carbons (Fsp3) is 0.412. The lowest BCUT2D eigenvalue weighted by atomic mass is 10.0. The lowest BCUT2D eigenvalue weighted by molar-refractivity contribution is 0.305. The van der Waals surface area contributed by atoms with Gasteiger partial charge in [0.05, 0.1) is 18.2 Å². The van der Waals surface area contributed by atoms with E-state index in [9.17, 15) is 0 Å². The van der Waals surface area contributed by atoms with Crippen LogP contribution < -0.4 is 4.74 Å². The molecule has 110 valence electrons. The monoisotopic (exact) mass is 300 g/mol. The highest BCUT2D eigenvalue weighted by molar-refractivity contribution is 7.11. The highest BCUT2D eigenvalue weighted by Gasteiger charge is 2.10. The summed E-state index contributed by atoms with van der Waals surface area (Å²) in [5.41, 5.74) is 2.33. The van der Waals surface area contributed by atoms with Crippen molar-refractivity contribution < 1.29 is 4.74 Å². The first-order chi connectivity index (χ1) is 10.1. The summed E-state index contributed by atoms with van der Waals surface area (Å²) in [6.45, 7) is 6.87. The summed E-state index contributed by atoms with van der Waals surface area (Å²) < 4.78 is 5.78. The Balaban J connectivity index is 2.01. The molecule has 0 amide bonds. The third-order valence-corrected chi connectivity index (χ3v) is 4.38. The van der Waals surface area contributed by atoms with Crippen molar-refractivity contribution >= 4 is 11.3 Å². The maximum Gasteiger partial charge on any atom is 0.140 e. The van der Waals surface area contributed by atoms with E-state index in [1.54, 1.807) is 11.3 Å². The predicted octanol–water partition coefficient (Wildman–Crippen LogP) is 4.47. The van der Waals surface area contributed by atoms with E-state index in [1.165, 1.54) is 5.56 Å². The van der Waals surface area contributed by atoms with Gasteiger partial charge in [-0.1, -0.05) is 32.9 Å². The molecule has 0 N–H and O–H groups in total. The molecule has 0 atom stereocenters. The second kappa shape index (κ2) is 7.24. The van der Waals surface area contributed by atoms with Gasteiger partial charge in [-0.2, -0.15) is 5.26 Å². The van der Waals surface area contributed by atoms with Crippen LogP contribution in [0.4, 0.5) is 0 Å². The molecule has 0 spiro atoms. The van der Waals surface area contributed by atoms with Crippen LogP contribution in [0.25, 0.3) is 0 Å². The van der Waals surface area contributed by atoms with Crippen molar-refractivity contribution in [3.05, 3.63) is 45.4 Å². The van der Waals surface area contributed by atoms with E-state index in [1.807, 2.05) is 12.1 Å². The maximum absolute atomic E-state index is 8.83. The summed E-state index contributed by atoms with van der Waals surface area (Å²) >= 11 is 1.58. The van der Waals surface area contributed by atoms with Crippen LogP contribution >= 0.6 is 11.3 Å². The summed E-state index contributed by atoms with van der Waals surface area (Å²) in [7, 11) is 0. The van der Waals surface area contributed by atoms with Crippen LogP contribution in [-0.2, 0) is 19.4 Å². The van der Waals surface area contributed by atoms with Gasteiger partial charge < -0.3 is 4.74 Å². The minimum atomic E-state index is 0.434. The van der Waals surface area contributed by atoms with E-state index < -0.39 is 0 Å². The van der Waals surface area contributed by atoms with Crippen molar-refractivity contribution in [2.75, 3.05) is 0 Å². The zero-order chi connectivity index (χ0) is 15.2. The van der Waals surface area contributed by atoms with Crippen molar-refractivity contribution in [3.63, 3.8) is 0 Å². The van der Waals surface area contributed by atoms with Gasteiger partial charge >= 0.3 is 0 Å². The van der Waals surface area contributed by atoms with Gasteiger partial charge in [-0.15, -0.1) is 11.3 Å². The van der Waals surface area contributed by atoms with Gasteiger partial charge in [-0.05, 0) is 30.0 Å². The molecule has 2 aromatic rings. The molecule has 0 bridgehead atoms. The lowest BCUT2D eigenvalue weighted by Crippen LogP contribution is -1.96. The number of benzene rings is 1. The predicted molar refractivity (Wildman–Crippen MR) is 85.7 cm³/mol. The Morgan fingerprint density at radius 1 is 1.29 bits per heavy atom. The lowest BCUT2D eigenvalue weighted by Gasteiger charge is -2.07. The summed E-state index contributed by atoms with van der Waals surface area (Å²) in [5, 5.41) is 9.76. The molecule has 1 aromatic heterocycles. The van der Waals surface area contributed by atoms with E-state index in [0.717, 1.165) is 27.7 Å². The number of nitriles is 1. The molecule has 0 saturated carbocycles. The van der Waals surface area contributed by atoms with Gasteiger partial charge in [-0.3, -0.25) is 0 Å². The topological polar surface area (TPSA) is 45.9 Å². The average molecular weight is 300 g/mol. The number of thiazole rings is 1. The van der Waals surface area contributed by atoms with Crippen LogP contribution in [0.2, 0.25) is 0 Å². The number of hydrogen-bond acceptors (Lipinski definition) is 4. The van der Waals surface area contributed by atoms with E-state index in [2.05, 4.69) is 44.0 Å². The largest absolute Gasteiger partial charge is 0.486 e. The number of nitrogens with zero attached hydrogens (tertiary/aromatic N) is 2. The molecule has 2 rings (SSSR count). The number of hydrogen-bond donors (Lipinski definition) is 0. The first kappa shape index (κ1) is 15.5. The van der Waals surface area contributed by atoms with Gasteiger partial charge in [-0.25, -0.2) is 4.98 Å². The van der Waals surface area contributed by atoms with E-state index in [4.69, 9.17) is 10.00 Å². The Kier molecular flexibility index (Phi) is 5.35. The molecule has 21 heavy (non-hydrogen) atoms. The standard InChI is InChI=1S/C17H20N2OS/c1-4-15-16(9-10-18)21-17(19-15)11-20-14-7-5-13(6-8-14)12(2)3/h5-8,12H,4,9,11H2,1-3H3. The molecule has 0 aliphatic heterocycles. The second-order valence-corrected chi connectivity index (χ2v) is 6.35. The molecule has 0 fully saturated rings. The Labute approximate surface area is 130 Å². The number of aromatic nitrogens is 1. The Hall–Kier alpha value is -1.86. The highest BCUT2D eigenvalue weighted by Crippen LogP contribution is 2.23. The zero-order valence-electron chi connectivity index (χ0n) is 12.7. The van der Waals surface area contributed by atoms with E-state index in [0.29, 0.717) is 18.9 Å². The van der Waals surface area contributed by atoms with Crippen LogP contribution in [0.5, 0.6) is 5.75 Å². The molecular formula is C17H20N2OS. The highest BCUT2D eigenvalue weighted by atomic mass is 32.1. The van der Waals surface area contributed by atoms with E-state index >= 15 is 0 Å². The van der Waals surface area contributed by atoms with Gasteiger partial charge in [0.1, 0.15) is 17.4 Å². The smallest absolute Gasteiger partial charge is 0.140 e. The fourth-order valence-corrected chi connectivity index (χ4v) is 3.08. The molecule has 0 aliphatic rings. The second-order valence-electron chi connectivity index (χ2n) is 5.18. The Bertz CT molecular complexity index is 623. The van der Waals surface area contributed by atoms with Crippen molar-refractivity contribution in [3.8, 4) is 11.8 Å². The minimum absolute atomic E-state index is 0.434. The summed E-state index contributed by atoms with van der Waals surface area (Å²) in [4.78, 5) is 5.61. The van der Waals surface area contributed by atoms with Crippen LogP contribution in [0, 0.1) is 11.3 Å². The summed E-state index contributed by atoms with van der Waals surface area (Å²) in [5.74, 6) is 1.38. The number of rotatable bonds is 6. The minimum Gasteiger partial charge on any atom is -0.486 e. The Morgan fingerprint density at radius 2 is 2.00 bits per heavy atom. The summed E-state index contributed by atoms with van der Waals surface area (Å²) in [6, 6.07) is 10.4. The number of ether oxygens (including phenoxy) is 1. The first-order valence-corrected chi connectivity index (χ1v) is 8.02. The molecule has 1 aromatic carbocycles. The van der Waals surface area contributed by atoms with Crippen molar-refractivity contribution in [1.82, 2.24) is 4.98 Å². The van der Waals surface area contributed by atoms with Crippen molar-refractivity contribution in [1.29, 1.82) is 5.26 Å². The molecular weight excluding hydrogens is 280 g/mol. The van der Waals surface area contributed by atoms with Gasteiger partial charge in [0.2, 0.25) is 0 Å². The van der Waals surface area contributed by atoms with Crippen molar-refractivity contribution in [2.24, 2.45) is 0 Å². The molecule has 0 saturated heterocycles. The third-order valence-electron chi connectivity index (χ3n) is 3.31. The molecule has 0 aliphatic carbocycles. The fourth-order valence-electron chi connectivity index (χ4n) is 2.08. The normalized spacial score (nSPS) is 10.6. The first-order valence-electron chi connectivity index (χ1n) is 7.21. The molecule has 3 nitrogen and oxygen atoms in total. The van der Waals surface area contributed by atoms with Crippen LogP contribution in [0.3, 0.4) is 0 Å². The molecule has 0 unspecified atom stereocenters. The van der Waals surface area contributed by atoms with Gasteiger partial charge in [0.25, 0.3) is 0 Å². The van der Waals surface area contributed by atoms with Crippen LogP contribution in [-0.4, -0.2) is 4.98 Å². The number of aryl methyl sites for hydroxylation is 1. The molecule has 0 radical (unpaired) electrons. The molecule has 1 heterocycles. The molecule has 4 heteroatoms. The third kappa shape index (κ3) is 4.05.